The van der Waals surface area contributed by atoms with Gasteiger partial charge in [0.15, 0.2) is 0 Å². The number of amides is 1. The summed E-state index contributed by atoms with van der Waals surface area (Å²) in [5.74, 6) is -0.606. The molecule has 0 aliphatic carbocycles. The first-order valence-electron chi connectivity index (χ1n) is 6.38. The maximum Gasteiger partial charge on any atom is 0.234 e. The van der Waals surface area contributed by atoms with Gasteiger partial charge in [0.2, 0.25) is 5.91 Å². The predicted molar refractivity (Wildman–Crippen MR) is 81.0 cm³/mol. The molecule has 0 aliphatic heterocycles. The lowest BCUT2D eigenvalue weighted by molar-refractivity contribution is -0.118. The molecular formula is C14H20N2O2S. The van der Waals surface area contributed by atoms with Gasteiger partial charge >= 0.3 is 0 Å². The summed E-state index contributed by atoms with van der Waals surface area (Å²) in [7, 11) is 0. The van der Waals surface area contributed by atoms with Crippen LogP contribution in [0.15, 0.2) is 24.3 Å². The molecule has 1 unspecified atom stereocenters. The van der Waals surface area contributed by atoms with Crippen LogP contribution in [0.1, 0.15) is 25.3 Å². The third-order valence-corrected chi connectivity index (χ3v) is 3.17. The molecule has 0 radical (unpaired) electrons. The zero-order chi connectivity index (χ0) is 14.3. The van der Waals surface area contributed by atoms with Gasteiger partial charge in [-0.15, -0.1) is 0 Å². The van der Waals surface area contributed by atoms with Crippen molar-refractivity contribution in [2.24, 2.45) is 11.7 Å². The van der Waals surface area contributed by atoms with Crippen molar-refractivity contribution in [1.29, 1.82) is 0 Å². The van der Waals surface area contributed by atoms with Gasteiger partial charge in [0.25, 0.3) is 0 Å². The summed E-state index contributed by atoms with van der Waals surface area (Å²) in [6.45, 7) is 2.04. The second-order valence-corrected chi connectivity index (χ2v) is 4.85. The van der Waals surface area contributed by atoms with Gasteiger partial charge in [-0.1, -0.05) is 31.3 Å². The summed E-state index contributed by atoms with van der Waals surface area (Å²) in [6.07, 6.45) is 2.08. The van der Waals surface area contributed by atoms with Crippen molar-refractivity contribution in [1.82, 2.24) is 0 Å². The molecule has 0 aliphatic rings. The molecule has 0 saturated carbocycles. The van der Waals surface area contributed by atoms with Crippen LogP contribution in [0.4, 0.5) is 5.69 Å². The second kappa shape index (κ2) is 7.86. The van der Waals surface area contributed by atoms with Gasteiger partial charge in [-0.25, -0.2) is 0 Å². The largest absolute Gasteiger partial charge is 0.396 e. The van der Waals surface area contributed by atoms with Crippen molar-refractivity contribution in [3.63, 3.8) is 0 Å². The van der Waals surface area contributed by atoms with Crippen molar-refractivity contribution in [3.05, 3.63) is 29.8 Å². The van der Waals surface area contributed by atoms with Crippen molar-refractivity contribution >= 4 is 28.8 Å². The first-order chi connectivity index (χ1) is 9.08. The molecular weight excluding hydrogens is 260 g/mol. The van der Waals surface area contributed by atoms with E-state index in [0.29, 0.717) is 12.8 Å². The molecule has 4 nitrogen and oxygen atoms in total. The number of hydrogen-bond acceptors (Lipinski definition) is 3. The Balaban J connectivity index is 2.70. The zero-order valence-electron chi connectivity index (χ0n) is 11.1. The van der Waals surface area contributed by atoms with Crippen LogP contribution < -0.4 is 11.1 Å². The average Bonchev–Trinajstić information content (AvgIpc) is 2.37. The Kier molecular flexibility index (Phi) is 6.45. The first-order valence-corrected chi connectivity index (χ1v) is 6.79. The standard InChI is InChI=1S/C14H20N2O2S/c1-2-12(13(15)19)14(18)16-11-7-3-5-10(9-11)6-4-8-17/h3,5,7,9,12,17H,2,4,6,8H2,1H3,(H2,15,19)(H,16,18). The zero-order valence-corrected chi connectivity index (χ0v) is 11.9. The number of aliphatic hydroxyl groups excluding tert-OH is 1. The molecule has 0 heterocycles. The fourth-order valence-corrected chi connectivity index (χ4v) is 2.11. The van der Waals surface area contributed by atoms with Gasteiger partial charge in [-0.3, -0.25) is 4.79 Å². The van der Waals surface area contributed by atoms with E-state index >= 15 is 0 Å². The van der Waals surface area contributed by atoms with Crippen molar-refractivity contribution in [2.75, 3.05) is 11.9 Å². The Morgan fingerprint density at radius 1 is 1.53 bits per heavy atom. The maximum atomic E-state index is 12.0. The van der Waals surface area contributed by atoms with E-state index in [1.54, 1.807) is 0 Å². The first kappa shape index (κ1) is 15.6. The molecule has 4 N–H and O–H groups in total. The van der Waals surface area contributed by atoms with E-state index in [4.69, 9.17) is 23.1 Å². The molecule has 1 rings (SSSR count). The smallest absolute Gasteiger partial charge is 0.234 e. The lowest BCUT2D eigenvalue weighted by Gasteiger charge is -2.14. The Hall–Kier alpha value is -1.46. The highest BCUT2D eigenvalue weighted by molar-refractivity contribution is 7.80. The Morgan fingerprint density at radius 3 is 2.84 bits per heavy atom. The summed E-state index contributed by atoms with van der Waals surface area (Å²) >= 11 is 4.88. The van der Waals surface area contributed by atoms with E-state index in [-0.39, 0.29) is 17.5 Å². The second-order valence-electron chi connectivity index (χ2n) is 4.38. The molecule has 0 aromatic heterocycles. The molecule has 1 atom stereocenters. The van der Waals surface area contributed by atoms with E-state index in [1.165, 1.54) is 0 Å². The molecule has 5 heteroatoms. The highest BCUT2D eigenvalue weighted by Crippen LogP contribution is 2.14. The Labute approximate surface area is 119 Å². The minimum Gasteiger partial charge on any atom is -0.396 e. The van der Waals surface area contributed by atoms with Gasteiger partial charge in [0.05, 0.1) is 10.9 Å². The van der Waals surface area contributed by atoms with E-state index < -0.39 is 5.92 Å². The fourth-order valence-electron chi connectivity index (χ4n) is 1.83. The molecule has 104 valence electrons. The number of carbonyl (C=O) groups excluding carboxylic acids is 1. The average molecular weight is 280 g/mol. The number of rotatable bonds is 7. The summed E-state index contributed by atoms with van der Waals surface area (Å²) in [6, 6.07) is 7.58. The summed E-state index contributed by atoms with van der Waals surface area (Å²) in [4.78, 5) is 12.2. The van der Waals surface area contributed by atoms with E-state index in [1.807, 2.05) is 31.2 Å². The SMILES string of the molecule is CCC(C(=O)Nc1cccc(CCCO)c1)C(N)=S. The Morgan fingerprint density at radius 2 is 2.26 bits per heavy atom. The van der Waals surface area contributed by atoms with Crippen LogP contribution in [0.25, 0.3) is 0 Å². The highest BCUT2D eigenvalue weighted by atomic mass is 32.1. The number of nitrogens with one attached hydrogen (secondary N) is 1. The summed E-state index contributed by atoms with van der Waals surface area (Å²) < 4.78 is 0. The predicted octanol–water partition coefficient (Wildman–Crippen LogP) is 1.86. The Bertz CT molecular complexity index is 449. The van der Waals surface area contributed by atoms with Gasteiger partial charge in [0, 0.05) is 12.3 Å². The fraction of sp³-hybridized carbons (Fsp3) is 0.429. The summed E-state index contributed by atoms with van der Waals surface area (Å²) in [5.41, 5.74) is 7.35. The van der Waals surface area contributed by atoms with Gasteiger partial charge < -0.3 is 16.2 Å². The normalized spacial score (nSPS) is 11.9. The van der Waals surface area contributed by atoms with E-state index in [2.05, 4.69) is 5.32 Å². The highest BCUT2D eigenvalue weighted by Gasteiger charge is 2.19. The quantitative estimate of drug-likeness (QED) is 0.666. The van der Waals surface area contributed by atoms with E-state index in [9.17, 15) is 4.79 Å². The molecule has 19 heavy (non-hydrogen) atoms. The third-order valence-electron chi connectivity index (χ3n) is 2.89. The molecule has 0 saturated heterocycles. The maximum absolute atomic E-state index is 12.0. The number of benzene rings is 1. The lowest BCUT2D eigenvalue weighted by atomic mass is 10.1. The molecule has 0 fully saturated rings. The monoisotopic (exact) mass is 280 g/mol. The number of anilines is 1. The van der Waals surface area contributed by atoms with Gasteiger partial charge in [-0.05, 0) is 37.0 Å². The minimum atomic E-state index is -0.434. The van der Waals surface area contributed by atoms with Crippen LogP contribution in [0.2, 0.25) is 0 Å². The third kappa shape index (κ3) is 4.96. The van der Waals surface area contributed by atoms with E-state index in [0.717, 1.165) is 17.7 Å². The topological polar surface area (TPSA) is 75.3 Å². The van der Waals surface area contributed by atoms with Crippen LogP contribution >= 0.6 is 12.2 Å². The van der Waals surface area contributed by atoms with Crippen LogP contribution in [0, 0.1) is 5.92 Å². The summed E-state index contributed by atoms with van der Waals surface area (Å²) in [5, 5.41) is 11.6. The van der Waals surface area contributed by atoms with Crippen molar-refractivity contribution in [2.45, 2.75) is 26.2 Å². The van der Waals surface area contributed by atoms with Crippen LogP contribution in [-0.4, -0.2) is 22.6 Å². The van der Waals surface area contributed by atoms with Gasteiger partial charge in [-0.2, -0.15) is 0 Å². The number of thiocarbonyl (C=S) groups is 1. The van der Waals surface area contributed by atoms with Crippen LogP contribution in [-0.2, 0) is 11.2 Å². The van der Waals surface area contributed by atoms with Gasteiger partial charge in [0.1, 0.15) is 0 Å². The molecule has 1 amide bonds. The van der Waals surface area contributed by atoms with Crippen LogP contribution in [0.3, 0.4) is 0 Å². The molecule has 0 bridgehead atoms. The minimum absolute atomic E-state index is 0.163. The van der Waals surface area contributed by atoms with Crippen molar-refractivity contribution < 1.29 is 9.90 Å². The molecule has 1 aromatic carbocycles. The molecule has 0 spiro atoms. The van der Waals surface area contributed by atoms with Crippen LogP contribution in [0.5, 0.6) is 0 Å². The number of nitrogens with two attached hydrogens (primary N) is 1. The number of hydrogen-bond donors (Lipinski definition) is 3. The lowest BCUT2D eigenvalue weighted by Crippen LogP contribution is -2.32. The number of carbonyl (C=O) groups is 1. The number of aliphatic hydroxyl groups is 1. The van der Waals surface area contributed by atoms with Crippen molar-refractivity contribution in [3.8, 4) is 0 Å². The molecule has 1 aromatic rings. The number of aryl methyl sites for hydroxylation is 1.